The quantitative estimate of drug-likeness (QED) is 0.865. The third kappa shape index (κ3) is 3.64. The Kier molecular flexibility index (Phi) is 4.47. The number of quaternary nitrogens is 1. The number of likely N-dealkylation sites (N-methyl/N-ethyl adjacent to an activating group) is 1. The molecule has 1 atom stereocenters. The van der Waals surface area contributed by atoms with Crippen molar-refractivity contribution in [3.63, 3.8) is 0 Å². The number of furan rings is 1. The highest BCUT2D eigenvalue weighted by molar-refractivity contribution is 5.91. The second-order valence-corrected chi connectivity index (χ2v) is 4.53. The summed E-state index contributed by atoms with van der Waals surface area (Å²) in [6.45, 7) is 0.592. The van der Waals surface area contributed by atoms with Gasteiger partial charge in [-0.25, -0.2) is 8.78 Å². The van der Waals surface area contributed by atoms with Crippen LogP contribution < -0.4 is 10.2 Å². The first kappa shape index (κ1) is 14.2. The molecule has 0 aliphatic rings. The maximum atomic E-state index is 13.4. The minimum atomic E-state index is -0.790. The van der Waals surface area contributed by atoms with Crippen LogP contribution in [0.5, 0.6) is 0 Å². The largest absolute Gasteiger partial charge is 0.463 e. The number of benzene rings is 1. The van der Waals surface area contributed by atoms with E-state index < -0.39 is 23.2 Å². The summed E-state index contributed by atoms with van der Waals surface area (Å²) in [7, 11) is 1.79. The maximum Gasteiger partial charge on any atom is 0.279 e. The van der Waals surface area contributed by atoms with Crippen LogP contribution in [0.25, 0.3) is 0 Å². The van der Waals surface area contributed by atoms with Crippen molar-refractivity contribution >= 4 is 11.6 Å². The lowest BCUT2D eigenvalue weighted by Crippen LogP contribution is -3.08. The van der Waals surface area contributed by atoms with E-state index in [4.69, 9.17) is 4.42 Å². The highest BCUT2D eigenvalue weighted by atomic mass is 19.1. The number of halogens is 2. The van der Waals surface area contributed by atoms with Crippen LogP contribution in [0.4, 0.5) is 14.5 Å². The van der Waals surface area contributed by atoms with Crippen LogP contribution in [-0.2, 0) is 11.3 Å². The lowest BCUT2D eigenvalue weighted by Gasteiger charge is -2.13. The van der Waals surface area contributed by atoms with Gasteiger partial charge in [-0.1, -0.05) is 6.07 Å². The summed E-state index contributed by atoms with van der Waals surface area (Å²) in [5, 5.41) is 2.25. The third-order valence-corrected chi connectivity index (χ3v) is 2.75. The summed E-state index contributed by atoms with van der Waals surface area (Å²) >= 11 is 0. The van der Waals surface area contributed by atoms with Gasteiger partial charge in [0.05, 0.1) is 13.3 Å². The molecule has 1 unspecified atom stereocenters. The first-order valence-electron chi connectivity index (χ1n) is 6.14. The molecule has 106 valence electrons. The number of carbonyl (C=O) groups excluding carboxylic acids is 1. The molecule has 0 saturated heterocycles. The van der Waals surface area contributed by atoms with Crippen molar-refractivity contribution in [2.75, 3.05) is 18.9 Å². The van der Waals surface area contributed by atoms with Gasteiger partial charge in [0, 0.05) is 0 Å². The molecule has 1 heterocycles. The van der Waals surface area contributed by atoms with Crippen LogP contribution in [0.3, 0.4) is 0 Å². The number of carbonyl (C=O) groups is 1. The van der Waals surface area contributed by atoms with Gasteiger partial charge in [0.25, 0.3) is 5.91 Å². The van der Waals surface area contributed by atoms with E-state index in [0.717, 1.165) is 22.8 Å². The SMILES string of the molecule is C[NH+](CC(=O)Nc1c(F)cccc1F)Cc1ccco1. The van der Waals surface area contributed by atoms with Crippen molar-refractivity contribution in [1.82, 2.24) is 0 Å². The second kappa shape index (κ2) is 6.29. The molecule has 0 spiro atoms. The number of hydrogen-bond donors (Lipinski definition) is 2. The van der Waals surface area contributed by atoms with Crippen LogP contribution in [0.1, 0.15) is 5.76 Å². The zero-order valence-electron chi connectivity index (χ0n) is 11.0. The highest BCUT2D eigenvalue weighted by Crippen LogP contribution is 2.17. The summed E-state index contributed by atoms with van der Waals surface area (Å²) < 4.78 is 31.9. The van der Waals surface area contributed by atoms with E-state index in [0.29, 0.717) is 6.54 Å². The maximum absolute atomic E-state index is 13.4. The van der Waals surface area contributed by atoms with Crippen molar-refractivity contribution in [2.24, 2.45) is 0 Å². The number of anilines is 1. The van der Waals surface area contributed by atoms with E-state index in [1.165, 1.54) is 6.07 Å². The lowest BCUT2D eigenvalue weighted by molar-refractivity contribution is -0.886. The zero-order valence-corrected chi connectivity index (χ0v) is 11.0. The van der Waals surface area contributed by atoms with Crippen molar-refractivity contribution in [3.05, 3.63) is 54.0 Å². The molecule has 20 heavy (non-hydrogen) atoms. The molecule has 0 aliphatic heterocycles. The molecule has 1 amide bonds. The van der Waals surface area contributed by atoms with Crippen molar-refractivity contribution in [1.29, 1.82) is 0 Å². The third-order valence-electron chi connectivity index (χ3n) is 2.75. The first-order chi connectivity index (χ1) is 9.56. The summed E-state index contributed by atoms with van der Waals surface area (Å²) in [6, 6.07) is 7.00. The second-order valence-electron chi connectivity index (χ2n) is 4.53. The van der Waals surface area contributed by atoms with Gasteiger partial charge in [-0.05, 0) is 24.3 Å². The molecule has 0 fully saturated rings. The van der Waals surface area contributed by atoms with Gasteiger partial charge in [0.2, 0.25) is 0 Å². The fourth-order valence-electron chi connectivity index (χ4n) is 1.85. The van der Waals surface area contributed by atoms with Gasteiger partial charge in [-0.3, -0.25) is 4.79 Å². The first-order valence-corrected chi connectivity index (χ1v) is 6.14. The van der Waals surface area contributed by atoms with Crippen LogP contribution in [-0.4, -0.2) is 19.5 Å². The summed E-state index contributed by atoms with van der Waals surface area (Å²) in [6.07, 6.45) is 1.55. The predicted molar refractivity (Wildman–Crippen MR) is 69.2 cm³/mol. The number of rotatable bonds is 5. The Labute approximate surface area is 115 Å². The van der Waals surface area contributed by atoms with Gasteiger partial charge < -0.3 is 14.6 Å². The van der Waals surface area contributed by atoms with Crippen LogP contribution in [0, 0.1) is 11.6 Å². The Morgan fingerprint density at radius 3 is 2.55 bits per heavy atom. The topological polar surface area (TPSA) is 46.7 Å². The van der Waals surface area contributed by atoms with Crippen molar-refractivity contribution < 1.29 is 22.9 Å². The fourth-order valence-corrected chi connectivity index (χ4v) is 1.85. The number of amides is 1. The van der Waals surface area contributed by atoms with E-state index >= 15 is 0 Å². The molecule has 2 rings (SSSR count). The summed E-state index contributed by atoms with van der Waals surface area (Å²) in [5.74, 6) is -1.30. The average molecular weight is 281 g/mol. The number of hydrogen-bond acceptors (Lipinski definition) is 2. The smallest absolute Gasteiger partial charge is 0.279 e. The molecule has 1 aromatic carbocycles. The fraction of sp³-hybridized carbons (Fsp3) is 0.214. The molecule has 6 heteroatoms. The highest BCUT2D eigenvalue weighted by Gasteiger charge is 2.16. The molecule has 1 aromatic heterocycles. The molecule has 4 nitrogen and oxygen atoms in total. The average Bonchev–Trinajstić information content (AvgIpc) is 2.86. The van der Waals surface area contributed by atoms with Gasteiger partial charge in [-0.2, -0.15) is 0 Å². The van der Waals surface area contributed by atoms with Crippen LogP contribution in [0.15, 0.2) is 41.0 Å². The molecule has 0 bridgehead atoms. The van der Waals surface area contributed by atoms with Crippen LogP contribution in [0.2, 0.25) is 0 Å². The minimum Gasteiger partial charge on any atom is -0.463 e. The minimum absolute atomic E-state index is 0.0779. The van der Waals surface area contributed by atoms with Gasteiger partial charge >= 0.3 is 0 Å². The predicted octanol–water partition coefficient (Wildman–Crippen LogP) is 1.21. The van der Waals surface area contributed by atoms with Gasteiger partial charge in [-0.15, -0.1) is 0 Å². The van der Waals surface area contributed by atoms with E-state index in [2.05, 4.69) is 5.32 Å². The summed E-state index contributed by atoms with van der Waals surface area (Å²) in [4.78, 5) is 12.6. The Morgan fingerprint density at radius 1 is 1.25 bits per heavy atom. The monoisotopic (exact) mass is 281 g/mol. The van der Waals surface area contributed by atoms with E-state index in [1.807, 2.05) is 0 Å². The number of para-hydroxylation sites is 1. The Balaban J connectivity index is 1.92. The van der Waals surface area contributed by atoms with E-state index in [9.17, 15) is 13.6 Å². The van der Waals surface area contributed by atoms with Crippen molar-refractivity contribution in [2.45, 2.75) is 6.54 Å². The lowest BCUT2D eigenvalue weighted by atomic mass is 10.3. The standard InChI is InChI=1S/C14H14F2N2O2/c1-18(8-10-4-3-7-20-10)9-13(19)17-14-11(15)5-2-6-12(14)16/h2-7H,8-9H2,1H3,(H,17,19)/p+1. The van der Waals surface area contributed by atoms with Gasteiger partial charge in [0.1, 0.15) is 23.9 Å². The molecular weight excluding hydrogens is 266 g/mol. The Morgan fingerprint density at radius 2 is 1.95 bits per heavy atom. The molecule has 0 aliphatic carbocycles. The number of nitrogens with one attached hydrogen (secondary N) is 2. The Bertz CT molecular complexity index is 565. The molecule has 0 saturated carbocycles. The normalized spacial score (nSPS) is 12.2. The van der Waals surface area contributed by atoms with E-state index in [1.54, 1.807) is 25.4 Å². The molecule has 0 radical (unpaired) electrons. The van der Waals surface area contributed by atoms with Crippen LogP contribution >= 0.6 is 0 Å². The molecule has 2 aromatic rings. The van der Waals surface area contributed by atoms with Gasteiger partial charge in [0.15, 0.2) is 12.3 Å². The molecular formula is C14H15F2N2O2+. The Hall–Kier alpha value is -2.21. The van der Waals surface area contributed by atoms with Crippen molar-refractivity contribution in [3.8, 4) is 0 Å². The molecule has 2 N–H and O–H groups in total. The van der Waals surface area contributed by atoms with E-state index in [-0.39, 0.29) is 6.54 Å². The zero-order chi connectivity index (χ0) is 14.5. The summed E-state index contributed by atoms with van der Waals surface area (Å²) in [5.41, 5.74) is -0.414.